The van der Waals surface area contributed by atoms with Crippen molar-refractivity contribution in [2.45, 2.75) is 45.6 Å². The van der Waals surface area contributed by atoms with E-state index in [1.165, 1.54) is 18.0 Å². The number of ether oxygens (including phenoxy) is 1. The molecule has 2 heterocycles. The van der Waals surface area contributed by atoms with Crippen molar-refractivity contribution in [3.8, 4) is 0 Å². The second-order valence-corrected chi connectivity index (χ2v) is 8.30. The van der Waals surface area contributed by atoms with E-state index >= 15 is 0 Å². The number of carbonyl (C=O) groups is 2. The van der Waals surface area contributed by atoms with Crippen LogP contribution in [0.5, 0.6) is 0 Å². The highest BCUT2D eigenvalue weighted by molar-refractivity contribution is 6.09. The molecule has 5 nitrogen and oxygen atoms in total. The van der Waals surface area contributed by atoms with Crippen LogP contribution in [-0.2, 0) is 20.9 Å². The fourth-order valence-electron chi connectivity index (χ4n) is 5.29. The minimum atomic E-state index is -0.412. The van der Waals surface area contributed by atoms with Crippen LogP contribution in [0.25, 0.3) is 21.8 Å². The SMILES string of the molecule is CCn1c2ccccc2c2cc([C@@H]3C(C(=O)OC)=C(C)NC4=C3C(=O)CCC4)ccc21. The minimum absolute atomic E-state index is 0.115. The highest BCUT2D eigenvalue weighted by Crippen LogP contribution is 2.43. The van der Waals surface area contributed by atoms with Gasteiger partial charge in [0.15, 0.2) is 5.78 Å². The first-order valence-electron chi connectivity index (χ1n) is 10.9. The number of methoxy groups -OCH3 is 1. The fraction of sp³-hybridized carbons (Fsp3) is 0.308. The molecule has 5 heteroatoms. The van der Waals surface area contributed by atoms with Gasteiger partial charge in [0, 0.05) is 57.7 Å². The monoisotopic (exact) mass is 414 g/mol. The zero-order valence-electron chi connectivity index (χ0n) is 18.1. The minimum Gasteiger partial charge on any atom is -0.466 e. The van der Waals surface area contributed by atoms with Crippen LogP contribution in [0, 0.1) is 0 Å². The Kier molecular flexibility index (Phi) is 4.69. The predicted molar refractivity (Wildman–Crippen MR) is 122 cm³/mol. The Hall–Kier alpha value is -3.34. The van der Waals surface area contributed by atoms with Gasteiger partial charge in [-0.3, -0.25) is 4.79 Å². The first kappa shape index (κ1) is 19.6. The number of nitrogens with zero attached hydrogens (tertiary/aromatic N) is 1. The number of carbonyl (C=O) groups excluding carboxylic acids is 2. The van der Waals surface area contributed by atoms with Crippen molar-refractivity contribution in [1.82, 2.24) is 9.88 Å². The Labute approximate surface area is 181 Å². The molecule has 3 aromatic rings. The molecular formula is C26H26N2O3. The van der Waals surface area contributed by atoms with Crippen molar-refractivity contribution in [3.05, 3.63) is 70.6 Å². The predicted octanol–water partition coefficient (Wildman–Crippen LogP) is 4.96. The number of dihydropyridines is 1. The Bertz CT molecular complexity index is 1310. The average Bonchev–Trinajstić information content (AvgIpc) is 3.10. The Morgan fingerprint density at radius 3 is 2.68 bits per heavy atom. The first-order valence-corrected chi connectivity index (χ1v) is 10.9. The summed E-state index contributed by atoms with van der Waals surface area (Å²) in [4.78, 5) is 25.8. The van der Waals surface area contributed by atoms with Gasteiger partial charge in [0.05, 0.1) is 12.7 Å². The molecule has 1 aliphatic carbocycles. The van der Waals surface area contributed by atoms with Crippen molar-refractivity contribution >= 4 is 33.6 Å². The van der Waals surface area contributed by atoms with Gasteiger partial charge in [-0.2, -0.15) is 0 Å². The summed E-state index contributed by atoms with van der Waals surface area (Å²) in [5.74, 6) is -0.690. The van der Waals surface area contributed by atoms with E-state index in [9.17, 15) is 9.59 Å². The zero-order valence-corrected chi connectivity index (χ0v) is 18.1. The summed E-state index contributed by atoms with van der Waals surface area (Å²) in [5, 5.41) is 5.65. The number of para-hydroxylation sites is 1. The number of Topliss-reactive ketones (excluding diaryl/α,β-unsaturated/α-hetero) is 1. The second kappa shape index (κ2) is 7.41. The van der Waals surface area contributed by atoms with Crippen molar-refractivity contribution in [2.24, 2.45) is 0 Å². The van der Waals surface area contributed by atoms with Crippen LogP contribution in [-0.4, -0.2) is 23.4 Å². The molecule has 0 unspecified atom stereocenters. The van der Waals surface area contributed by atoms with E-state index in [0.29, 0.717) is 12.0 Å². The van der Waals surface area contributed by atoms with Crippen LogP contribution in [0.4, 0.5) is 0 Å². The van der Waals surface area contributed by atoms with E-state index in [1.54, 1.807) is 0 Å². The fourth-order valence-corrected chi connectivity index (χ4v) is 5.29. The maximum atomic E-state index is 13.0. The van der Waals surface area contributed by atoms with Gasteiger partial charge < -0.3 is 14.6 Å². The standard InChI is InChI=1S/C26H26N2O3/c1-4-28-20-10-6-5-8-17(20)18-14-16(12-13-21(18)28)24-23(26(30)31-3)15(2)27-19-9-7-11-22(29)25(19)24/h5-6,8,10,12-14,24,27H,4,7,9,11H2,1-3H3/t24-/m1/s1. The van der Waals surface area contributed by atoms with Crippen LogP contribution in [0.2, 0.25) is 0 Å². The lowest BCUT2D eigenvalue weighted by Gasteiger charge is -2.34. The van der Waals surface area contributed by atoms with Gasteiger partial charge in [0.25, 0.3) is 0 Å². The molecule has 2 aliphatic rings. The number of aromatic nitrogens is 1. The van der Waals surface area contributed by atoms with Gasteiger partial charge in [-0.05, 0) is 50.5 Å². The molecule has 2 aromatic carbocycles. The number of ketones is 1. The van der Waals surface area contributed by atoms with Crippen molar-refractivity contribution in [1.29, 1.82) is 0 Å². The van der Waals surface area contributed by atoms with Crippen molar-refractivity contribution in [2.75, 3.05) is 7.11 Å². The highest BCUT2D eigenvalue weighted by Gasteiger charge is 2.39. The second-order valence-electron chi connectivity index (χ2n) is 8.30. The quantitative estimate of drug-likeness (QED) is 0.616. The van der Waals surface area contributed by atoms with E-state index in [2.05, 4.69) is 53.2 Å². The maximum Gasteiger partial charge on any atom is 0.336 e. The molecule has 31 heavy (non-hydrogen) atoms. The Morgan fingerprint density at radius 2 is 1.90 bits per heavy atom. The molecule has 1 atom stereocenters. The van der Waals surface area contributed by atoms with Gasteiger partial charge in [0.2, 0.25) is 0 Å². The van der Waals surface area contributed by atoms with Crippen LogP contribution in [0.15, 0.2) is 65.0 Å². The van der Waals surface area contributed by atoms with Gasteiger partial charge in [-0.25, -0.2) is 4.79 Å². The third kappa shape index (κ3) is 2.91. The molecule has 1 aliphatic heterocycles. The molecule has 0 fully saturated rings. The number of fused-ring (bicyclic) bond motifs is 3. The van der Waals surface area contributed by atoms with Crippen LogP contribution >= 0.6 is 0 Å². The molecule has 0 saturated carbocycles. The molecule has 0 amide bonds. The molecule has 0 spiro atoms. The molecule has 0 saturated heterocycles. The lowest BCUT2D eigenvalue weighted by atomic mass is 9.75. The third-order valence-electron chi connectivity index (χ3n) is 6.63. The molecule has 1 aromatic heterocycles. The van der Waals surface area contributed by atoms with Gasteiger partial charge >= 0.3 is 5.97 Å². The van der Waals surface area contributed by atoms with Crippen molar-refractivity contribution in [3.63, 3.8) is 0 Å². The summed E-state index contributed by atoms with van der Waals surface area (Å²) in [7, 11) is 1.39. The maximum absolute atomic E-state index is 13.0. The molecule has 5 rings (SSSR count). The summed E-state index contributed by atoms with van der Waals surface area (Å²) in [6, 6.07) is 14.7. The number of esters is 1. The average molecular weight is 415 g/mol. The van der Waals surface area contributed by atoms with E-state index in [0.717, 1.165) is 52.8 Å². The lowest BCUT2D eigenvalue weighted by molar-refractivity contribution is -0.136. The van der Waals surface area contributed by atoms with Gasteiger partial charge in [-0.15, -0.1) is 0 Å². The molecule has 158 valence electrons. The van der Waals surface area contributed by atoms with Crippen LogP contribution < -0.4 is 5.32 Å². The van der Waals surface area contributed by atoms with Gasteiger partial charge in [-0.1, -0.05) is 24.3 Å². The number of benzene rings is 2. The van der Waals surface area contributed by atoms with E-state index in [-0.39, 0.29) is 5.78 Å². The van der Waals surface area contributed by atoms with E-state index in [4.69, 9.17) is 4.74 Å². The van der Waals surface area contributed by atoms with Crippen LogP contribution in [0.1, 0.15) is 44.6 Å². The molecule has 0 radical (unpaired) electrons. The summed E-state index contributed by atoms with van der Waals surface area (Å²) in [5.41, 5.74) is 6.26. The number of allylic oxidation sites excluding steroid dienone is 3. The van der Waals surface area contributed by atoms with E-state index in [1.807, 2.05) is 13.0 Å². The molecular weight excluding hydrogens is 388 g/mol. The number of rotatable bonds is 3. The number of aryl methyl sites for hydroxylation is 1. The summed E-state index contributed by atoms with van der Waals surface area (Å²) in [6.07, 6.45) is 2.17. The normalized spacial score (nSPS) is 19.1. The number of nitrogens with one attached hydrogen (secondary N) is 1. The summed E-state index contributed by atoms with van der Waals surface area (Å²) in [6.45, 7) is 4.91. The van der Waals surface area contributed by atoms with Gasteiger partial charge in [0.1, 0.15) is 0 Å². The molecule has 1 N–H and O–H groups in total. The van der Waals surface area contributed by atoms with Crippen LogP contribution in [0.3, 0.4) is 0 Å². The first-order chi connectivity index (χ1) is 15.0. The third-order valence-corrected chi connectivity index (χ3v) is 6.63. The lowest BCUT2D eigenvalue weighted by Crippen LogP contribution is -2.34. The molecule has 0 bridgehead atoms. The highest BCUT2D eigenvalue weighted by atomic mass is 16.5. The number of hydrogen-bond donors (Lipinski definition) is 1. The Morgan fingerprint density at radius 1 is 1.13 bits per heavy atom. The van der Waals surface area contributed by atoms with Crippen molar-refractivity contribution < 1.29 is 14.3 Å². The smallest absolute Gasteiger partial charge is 0.336 e. The van der Waals surface area contributed by atoms with E-state index < -0.39 is 11.9 Å². The largest absolute Gasteiger partial charge is 0.466 e. The topological polar surface area (TPSA) is 60.3 Å². The summed E-state index contributed by atoms with van der Waals surface area (Å²) < 4.78 is 7.43. The number of hydrogen-bond acceptors (Lipinski definition) is 4. The summed E-state index contributed by atoms with van der Waals surface area (Å²) >= 11 is 0. The zero-order chi connectivity index (χ0) is 21.7. The Balaban J connectivity index is 1.78.